The summed E-state index contributed by atoms with van der Waals surface area (Å²) in [5, 5.41) is 15.0. The molecule has 186 valence electrons. The minimum atomic E-state index is -1.04. The number of ether oxygens (including phenoxy) is 1. The van der Waals surface area contributed by atoms with E-state index in [4.69, 9.17) is 4.74 Å². The third-order valence-electron chi connectivity index (χ3n) is 7.01. The molecule has 2 aromatic carbocycles. The summed E-state index contributed by atoms with van der Waals surface area (Å²) in [4.78, 5) is 37.1. The first-order valence-electron chi connectivity index (χ1n) is 12.1. The average molecular weight is 497 g/mol. The normalized spacial score (nSPS) is 16.7. The molecule has 0 heterocycles. The van der Waals surface area contributed by atoms with Gasteiger partial charge in [0.2, 0.25) is 5.91 Å². The van der Waals surface area contributed by atoms with Crippen LogP contribution >= 0.6 is 11.8 Å². The highest BCUT2D eigenvalue weighted by Crippen LogP contribution is 2.44. The summed E-state index contributed by atoms with van der Waals surface area (Å²) in [6.45, 7) is 0.206. The van der Waals surface area contributed by atoms with Crippen LogP contribution in [0.1, 0.15) is 55.6 Å². The van der Waals surface area contributed by atoms with Gasteiger partial charge in [-0.3, -0.25) is 4.79 Å². The predicted octanol–water partition coefficient (Wildman–Crippen LogP) is 4.55. The number of hydrogen-bond donors (Lipinski definition) is 3. The number of thioether (sulfide) groups is 1. The topological polar surface area (TPSA) is 105 Å². The number of carboxylic acid groups (broad SMARTS) is 1. The average Bonchev–Trinajstić information content (AvgIpc) is 3.42. The molecule has 1 atom stereocenters. The van der Waals surface area contributed by atoms with Gasteiger partial charge in [-0.1, -0.05) is 61.4 Å². The summed E-state index contributed by atoms with van der Waals surface area (Å²) in [5.41, 5.74) is 3.89. The first-order chi connectivity index (χ1) is 16.9. The van der Waals surface area contributed by atoms with Crippen LogP contribution in [0.15, 0.2) is 48.5 Å². The Hall–Kier alpha value is -3.00. The van der Waals surface area contributed by atoms with E-state index in [1.807, 2.05) is 30.5 Å². The zero-order valence-electron chi connectivity index (χ0n) is 19.9. The number of nitrogens with one attached hydrogen (secondary N) is 2. The number of aliphatic carboxylic acids is 1. The van der Waals surface area contributed by atoms with E-state index < -0.39 is 23.6 Å². The lowest BCUT2D eigenvalue weighted by Crippen LogP contribution is -2.51. The van der Waals surface area contributed by atoms with Gasteiger partial charge in [0.1, 0.15) is 12.6 Å². The van der Waals surface area contributed by atoms with Crippen LogP contribution in [0.5, 0.6) is 0 Å². The summed E-state index contributed by atoms with van der Waals surface area (Å²) >= 11 is 1.53. The first-order valence-corrected chi connectivity index (χ1v) is 13.5. The monoisotopic (exact) mass is 496 g/mol. The number of amides is 2. The Morgan fingerprint density at radius 2 is 1.66 bits per heavy atom. The van der Waals surface area contributed by atoms with Gasteiger partial charge < -0.3 is 20.5 Å². The van der Waals surface area contributed by atoms with Crippen LogP contribution in [0.2, 0.25) is 0 Å². The van der Waals surface area contributed by atoms with Crippen molar-refractivity contribution in [1.29, 1.82) is 0 Å². The van der Waals surface area contributed by atoms with Gasteiger partial charge in [-0.05, 0) is 53.5 Å². The van der Waals surface area contributed by atoms with Gasteiger partial charge in [0.15, 0.2) is 0 Å². The molecule has 0 unspecified atom stereocenters. The minimum absolute atomic E-state index is 0.0382. The van der Waals surface area contributed by atoms with Crippen molar-refractivity contribution in [3.05, 3.63) is 59.7 Å². The highest BCUT2D eigenvalue weighted by atomic mass is 32.2. The molecule has 2 aliphatic rings. The molecule has 1 fully saturated rings. The molecule has 0 aliphatic heterocycles. The summed E-state index contributed by atoms with van der Waals surface area (Å²) in [7, 11) is 0. The van der Waals surface area contributed by atoms with Gasteiger partial charge in [-0.2, -0.15) is 11.8 Å². The van der Waals surface area contributed by atoms with E-state index >= 15 is 0 Å². The second kappa shape index (κ2) is 11.2. The van der Waals surface area contributed by atoms with Gasteiger partial charge in [0.05, 0.1) is 5.54 Å². The highest BCUT2D eigenvalue weighted by molar-refractivity contribution is 7.98. The molecule has 4 rings (SSSR count). The van der Waals surface area contributed by atoms with Crippen molar-refractivity contribution in [2.24, 2.45) is 0 Å². The molecule has 8 heteroatoms. The van der Waals surface area contributed by atoms with Crippen LogP contribution in [0.4, 0.5) is 4.79 Å². The molecule has 0 radical (unpaired) electrons. The van der Waals surface area contributed by atoms with Crippen LogP contribution in [0.3, 0.4) is 0 Å². The molecular formula is C27H32N2O5S. The maximum Gasteiger partial charge on any atom is 0.407 e. The maximum absolute atomic E-state index is 12.9. The summed E-state index contributed by atoms with van der Waals surface area (Å²) in [6, 6.07) is 15.4. The molecule has 0 saturated heterocycles. The number of alkyl carbamates (subject to hydrolysis) is 1. The second-order valence-electron chi connectivity index (χ2n) is 9.35. The van der Waals surface area contributed by atoms with Crippen LogP contribution in [-0.4, -0.2) is 53.3 Å². The zero-order valence-corrected chi connectivity index (χ0v) is 20.7. The summed E-state index contributed by atoms with van der Waals surface area (Å²) < 4.78 is 5.70. The smallest absolute Gasteiger partial charge is 0.407 e. The molecule has 0 spiro atoms. The van der Waals surface area contributed by atoms with Gasteiger partial charge in [0, 0.05) is 12.3 Å². The summed E-state index contributed by atoms with van der Waals surface area (Å²) in [6.07, 6.45) is 4.86. The van der Waals surface area contributed by atoms with E-state index in [9.17, 15) is 19.5 Å². The number of benzene rings is 2. The van der Waals surface area contributed by atoms with E-state index in [0.717, 1.165) is 35.1 Å². The van der Waals surface area contributed by atoms with Crippen LogP contribution in [-0.2, 0) is 14.3 Å². The van der Waals surface area contributed by atoms with Crippen LogP contribution in [0.25, 0.3) is 11.1 Å². The molecule has 0 bridgehead atoms. The third-order valence-corrected chi connectivity index (χ3v) is 7.66. The van der Waals surface area contributed by atoms with Crippen molar-refractivity contribution >= 4 is 29.7 Å². The maximum atomic E-state index is 12.9. The number of rotatable bonds is 10. The third kappa shape index (κ3) is 5.81. The minimum Gasteiger partial charge on any atom is -0.480 e. The standard InChI is InChI=1S/C27H32N2O5S/c1-35-15-12-23(25(31)32)28-24(30)16-27(13-6-7-14-27)29-26(33)34-17-22-20-10-4-2-8-18(20)19-9-3-5-11-21(19)22/h2-5,8-11,22-23H,6-7,12-17H2,1H3,(H,28,30)(H,29,33)(H,31,32)/t23-/m0/s1. The Balaban J connectivity index is 1.38. The molecule has 2 aromatic rings. The largest absolute Gasteiger partial charge is 0.480 e. The van der Waals surface area contributed by atoms with E-state index in [2.05, 4.69) is 34.9 Å². The lowest BCUT2D eigenvalue weighted by molar-refractivity contribution is -0.142. The molecular weight excluding hydrogens is 464 g/mol. The van der Waals surface area contributed by atoms with E-state index in [1.165, 1.54) is 11.8 Å². The lowest BCUT2D eigenvalue weighted by Gasteiger charge is -2.30. The van der Waals surface area contributed by atoms with Crippen molar-refractivity contribution in [2.45, 2.75) is 56.0 Å². The molecule has 35 heavy (non-hydrogen) atoms. The number of carboxylic acids is 1. The summed E-state index contributed by atoms with van der Waals surface area (Å²) in [5.74, 6) is -0.805. The van der Waals surface area contributed by atoms with Gasteiger partial charge in [-0.15, -0.1) is 0 Å². The van der Waals surface area contributed by atoms with Gasteiger partial charge in [0.25, 0.3) is 0 Å². The Bertz CT molecular complexity index is 1040. The predicted molar refractivity (Wildman–Crippen MR) is 137 cm³/mol. The molecule has 0 aromatic heterocycles. The van der Waals surface area contributed by atoms with Gasteiger partial charge >= 0.3 is 12.1 Å². The van der Waals surface area contributed by atoms with Crippen molar-refractivity contribution in [1.82, 2.24) is 10.6 Å². The quantitative estimate of drug-likeness (QED) is 0.446. The number of carbonyl (C=O) groups excluding carboxylic acids is 2. The number of hydrogen-bond acceptors (Lipinski definition) is 5. The Morgan fingerprint density at radius 3 is 2.23 bits per heavy atom. The molecule has 7 nitrogen and oxygen atoms in total. The molecule has 2 amide bonds. The number of carbonyl (C=O) groups is 3. The van der Waals surface area contributed by atoms with Crippen LogP contribution in [0, 0.1) is 0 Å². The molecule has 1 saturated carbocycles. The van der Waals surface area contributed by atoms with E-state index in [0.29, 0.717) is 25.0 Å². The first kappa shape index (κ1) is 25.1. The fourth-order valence-electron chi connectivity index (χ4n) is 5.29. The SMILES string of the molecule is CSCC[C@H](NC(=O)CC1(NC(=O)OCC2c3ccccc3-c3ccccc32)CCCC1)C(=O)O. The highest BCUT2D eigenvalue weighted by Gasteiger charge is 2.39. The van der Waals surface area contributed by atoms with Crippen molar-refractivity contribution in [3.63, 3.8) is 0 Å². The van der Waals surface area contributed by atoms with E-state index in [-0.39, 0.29) is 24.9 Å². The second-order valence-corrected chi connectivity index (χ2v) is 10.3. The fourth-order valence-corrected chi connectivity index (χ4v) is 5.77. The molecule has 3 N–H and O–H groups in total. The Morgan fingerprint density at radius 1 is 1.06 bits per heavy atom. The van der Waals surface area contributed by atoms with Crippen molar-refractivity contribution in [3.8, 4) is 11.1 Å². The molecule has 2 aliphatic carbocycles. The van der Waals surface area contributed by atoms with Crippen molar-refractivity contribution < 1.29 is 24.2 Å². The van der Waals surface area contributed by atoms with Gasteiger partial charge in [-0.25, -0.2) is 9.59 Å². The lowest BCUT2D eigenvalue weighted by atomic mass is 9.92. The zero-order chi connectivity index (χ0) is 24.8. The Labute approximate surface area is 210 Å². The van der Waals surface area contributed by atoms with E-state index in [1.54, 1.807) is 0 Å². The van der Waals surface area contributed by atoms with Crippen LogP contribution < -0.4 is 10.6 Å². The van der Waals surface area contributed by atoms with Crippen molar-refractivity contribution in [2.75, 3.05) is 18.6 Å². The fraction of sp³-hybridized carbons (Fsp3) is 0.444. The number of fused-ring (bicyclic) bond motifs is 3. The Kier molecular flexibility index (Phi) is 8.00.